The van der Waals surface area contributed by atoms with Crippen LogP contribution in [0.25, 0.3) is 0 Å². The van der Waals surface area contributed by atoms with Gasteiger partial charge in [-0.3, -0.25) is 0 Å². The number of rotatable bonds is 1. The van der Waals surface area contributed by atoms with Crippen molar-refractivity contribution in [2.24, 2.45) is 0 Å². The minimum Gasteiger partial charge on any atom is -0.494 e. The van der Waals surface area contributed by atoms with Gasteiger partial charge in [-0.1, -0.05) is 0 Å². The first-order valence-electron chi connectivity index (χ1n) is 2.59. The molecule has 0 aliphatic carbocycles. The van der Waals surface area contributed by atoms with E-state index in [4.69, 9.17) is 4.74 Å². The highest BCUT2D eigenvalue weighted by Gasteiger charge is 2.05. The molecule has 0 atom stereocenters. The summed E-state index contributed by atoms with van der Waals surface area (Å²) in [6, 6.07) is 1.48. The van der Waals surface area contributed by atoms with Gasteiger partial charge in [0.1, 0.15) is 3.70 Å². The maximum absolute atomic E-state index is 12.8. The second kappa shape index (κ2) is 3.14. The van der Waals surface area contributed by atoms with Crippen molar-refractivity contribution in [1.29, 1.82) is 0 Å². The topological polar surface area (TPSA) is 22.1 Å². The molecule has 0 N–H and O–H groups in total. The smallest absolute Gasteiger partial charge is 0.196 e. The fourth-order valence-electron chi connectivity index (χ4n) is 0.560. The van der Waals surface area contributed by atoms with E-state index in [0.29, 0.717) is 3.70 Å². The Morgan fingerprint density at radius 2 is 2.40 bits per heavy atom. The van der Waals surface area contributed by atoms with Crippen molar-refractivity contribution in [1.82, 2.24) is 4.98 Å². The number of ether oxygens (including phenoxy) is 1. The molecule has 0 aliphatic rings. The highest BCUT2D eigenvalue weighted by molar-refractivity contribution is 14.1. The van der Waals surface area contributed by atoms with E-state index in [1.165, 1.54) is 19.4 Å². The second-order valence-electron chi connectivity index (χ2n) is 1.62. The largest absolute Gasteiger partial charge is 0.494 e. The second-order valence-corrected chi connectivity index (χ2v) is 2.64. The van der Waals surface area contributed by atoms with Crippen molar-refractivity contribution in [3.05, 3.63) is 21.8 Å². The van der Waals surface area contributed by atoms with E-state index in [-0.39, 0.29) is 5.75 Å². The van der Waals surface area contributed by atoms with Crippen LogP contribution in [0.2, 0.25) is 0 Å². The fourth-order valence-corrected chi connectivity index (χ4v) is 0.986. The first-order valence-corrected chi connectivity index (χ1v) is 3.67. The Morgan fingerprint density at radius 3 is 2.90 bits per heavy atom. The summed E-state index contributed by atoms with van der Waals surface area (Å²) in [5.74, 6) is -0.162. The molecular weight excluding hydrogens is 248 g/mol. The predicted octanol–water partition coefficient (Wildman–Crippen LogP) is 1.83. The summed E-state index contributed by atoms with van der Waals surface area (Å²) in [6.07, 6.45) is 1.50. The van der Waals surface area contributed by atoms with Gasteiger partial charge in [0.25, 0.3) is 0 Å². The molecule has 1 rings (SSSR count). The summed E-state index contributed by atoms with van der Waals surface area (Å²) >= 11 is 1.81. The van der Waals surface area contributed by atoms with Crippen LogP contribution in [0.5, 0.6) is 5.75 Å². The Hall–Kier alpha value is -0.390. The lowest BCUT2D eigenvalue weighted by Crippen LogP contribution is -1.92. The molecule has 1 aromatic heterocycles. The van der Waals surface area contributed by atoms with Crippen molar-refractivity contribution < 1.29 is 9.13 Å². The Morgan fingerprint density at radius 1 is 1.70 bits per heavy atom. The van der Waals surface area contributed by atoms with Crippen LogP contribution in [0.15, 0.2) is 12.3 Å². The number of pyridine rings is 1. The van der Waals surface area contributed by atoms with Gasteiger partial charge in [-0.05, 0) is 22.6 Å². The lowest BCUT2D eigenvalue weighted by molar-refractivity contribution is 0.383. The minimum absolute atomic E-state index is 0.236. The zero-order valence-corrected chi connectivity index (χ0v) is 7.42. The summed E-state index contributed by atoms with van der Waals surface area (Å²) in [5, 5.41) is 0. The average molecular weight is 253 g/mol. The van der Waals surface area contributed by atoms with Crippen LogP contribution < -0.4 is 4.74 Å². The van der Waals surface area contributed by atoms with Crippen molar-refractivity contribution >= 4 is 22.6 Å². The fraction of sp³-hybridized carbons (Fsp3) is 0.167. The minimum atomic E-state index is -0.398. The first kappa shape index (κ1) is 7.71. The van der Waals surface area contributed by atoms with Crippen LogP contribution in [0.1, 0.15) is 0 Å². The van der Waals surface area contributed by atoms with Crippen LogP contribution in [-0.4, -0.2) is 12.1 Å². The van der Waals surface area contributed by atoms with Gasteiger partial charge in [-0.25, -0.2) is 4.98 Å². The third-order valence-electron chi connectivity index (χ3n) is 1.03. The van der Waals surface area contributed by atoms with Crippen LogP contribution in [0, 0.1) is 9.52 Å². The molecule has 1 heterocycles. The lowest BCUT2D eigenvalue weighted by Gasteiger charge is -1.99. The third-order valence-corrected chi connectivity index (χ3v) is 1.78. The van der Waals surface area contributed by atoms with E-state index < -0.39 is 5.82 Å². The predicted molar refractivity (Wildman–Crippen MR) is 43.5 cm³/mol. The number of nitrogens with zero attached hydrogens (tertiary/aromatic N) is 1. The van der Waals surface area contributed by atoms with E-state index in [0.717, 1.165) is 0 Å². The van der Waals surface area contributed by atoms with Crippen LogP contribution in [-0.2, 0) is 0 Å². The quantitative estimate of drug-likeness (QED) is 0.562. The van der Waals surface area contributed by atoms with Crippen LogP contribution >= 0.6 is 22.6 Å². The van der Waals surface area contributed by atoms with Gasteiger partial charge in [-0.2, -0.15) is 4.39 Å². The molecule has 54 valence electrons. The van der Waals surface area contributed by atoms with Gasteiger partial charge in [0.15, 0.2) is 11.6 Å². The molecule has 0 bridgehead atoms. The maximum Gasteiger partial charge on any atom is 0.196 e. The third kappa shape index (κ3) is 1.36. The van der Waals surface area contributed by atoms with Crippen LogP contribution in [0.4, 0.5) is 4.39 Å². The standard InChI is InChI=1S/C6H5FINO/c1-10-4-2-3-9-6(8)5(4)7/h2-3H,1H3. The number of aromatic nitrogens is 1. The zero-order valence-electron chi connectivity index (χ0n) is 5.27. The van der Waals surface area contributed by atoms with Gasteiger partial charge in [0, 0.05) is 12.3 Å². The SMILES string of the molecule is COc1ccnc(I)c1F. The zero-order chi connectivity index (χ0) is 7.56. The summed E-state index contributed by atoms with van der Waals surface area (Å²) in [6.45, 7) is 0. The molecule has 4 heteroatoms. The molecule has 1 aromatic rings. The normalized spacial score (nSPS) is 9.50. The number of halogens is 2. The molecule has 10 heavy (non-hydrogen) atoms. The van der Waals surface area contributed by atoms with Crippen LogP contribution in [0.3, 0.4) is 0 Å². The van der Waals surface area contributed by atoms with Gasteiger partial charge >= 0.3 is 0 Å². The molecule has 0 aliphatic heterocycles. The average Bonchev–Trinajstić information content (AvgIpc) is 1.95. The molecule has 0 radical (unpaired) electrons. The van der Waals surface area contributed by atoms with Crippen molar-refractivity contribution in [3.8, 4) is 5.75 Å². The highest BCUT2D eigenvalue weighted by atomic mass is 127. The Kier molecular flexibility index (Phi) is 2.42. The number of hydrogen-bond donors (Lipinski definition) is 0. The summed E-state index contributed by atoms with van der Waals surface area (Å²) in [4.78, 5) is 3.72. The number of methoxy groups -OCH3 is 1. The summed E-state index contributed by atoms with van der Waals surface area (Å²) < 4.78 is 17.8. The Balaban J connectivity index is 3.14. The van der Waals surface area contributed by atoms with E-state index in [1.807, 2.05) is 22.6 Å². The van der Waals surface area contributed by atoms with Gasteiger partial charge in [0.2, 0.25) is 0 Å². The molecule has 2 nitrogen and oxygen atoms in total. The monoisotopic (exact) mass is 253 g/mol. The molecule has 0 saturated heterocycles. The van der Waals surface area contributed by atoms with E-state index in [2.05, 4.69) is 4.98 Å². The van der Waals surface area contributed by atoms with Crippen molar-refractivity contribution in [2.75, 3.05) is 7.11 Å². The van der Waals surface area contributed by atoms with Gasteiger partial charge < -0.3 is 4.74 Å². The first-order chi connectivity index (χ1) is 4.75. The summed E-state index contributed by atoms with van der Waals surface area (Å²) in [7, 11) is 1.43. The number of hydrogen-bond acceptors (Lipinski definition) is 2. The molecule has 0 saturated carbocycles. The Bertz CT molecular complexity index is 241. The van der Waals surface area contributed by atoms with Gasteiger partial charge in [0.05, 0.1) is 7.11 Å². The lowest BCUT2D eigenvalue weighted by atomic mass is 10.4. The van der Waals surface area contributed by atoms with E-state index in [9.17, 15) is 4.39 Å². The van der Waals surface area contributed by atoms with Gasteiger partial charge in [-0.15, -0.1) is 0 Å². The molecule has 0 unspecified atom stereocenters. The summed E-state index contributed by atoms with van der Waals surface area (Å²) in [5.41, 5.74) is 0. The maximum atomic E-state index is 12.8. The Labute approximate surface area is 71.6 Å². The molecule has 0 aromatic carbocycles. The van der Waals surface area contributed by atoms with E-state index in [1.54, 1.807) is 0 Å². The molecular formula is C6H5FINO. The molecule has 0 spiro atoms. The highest BCUT2D eigenvalue weighted by Crippen LogP contribution is 2.18. The van der Waals surface area contributed by atoms with Crippen molar-refractivity contribution in [2.45, 2.75) is 0 Å². The van der Waals surface area contributed by atoms with E-state index >= 15 is 0 Å². The molecule has 0 amide bonds. The van der Waals surface area contributed by atoms with Crippen molar-refractivity contribution in [3.63, 3.8) is 0 Å². The molecule has 0 fully saturated rings.